The number of carbonyl (C=O) groups is 1. The van der Waals surface area contributed by atoms with Gasteiger partial charge in [0.2, 0.25) is 0 Å². The normalized spacial score (nSPS) is 15.5. The lowest BCUT2D eigenvalue weighted by atomic mass is 10.1. The summed E-state index contributed by atoms with van der Waals surface area (Å²) in [6.07, 6.45) is 1.82. The maximum Gasteiger partial charge on any atom is 0.265 e. The van der Waals surface area contributed by atoms with E-state index in [0.717, 1.165) is 16.9 Å². The molecule has 4 nitrogen and oxygen atoms in total. The fourth-order valence-corrected chi connectivity index (χ4v) is 3.85. The molecule has 1 aliphatic rings. The minimum absolute atomic E-state index is 0.0852. The van der Waals surface area contributed by atoms with Crippen molar-refractivity contribution in [2.45, 2.75) is 13.8 Å². The zero-order chi connectivity index (χ0) is 19.4. The van der Waals surface area contributed by atoms with Gasteiger partial charge in [-0.1, -0.05) is 59.9 Å². The summed E-state index contributed by atoms with van der Waals surface area (Å²) >= 11 is 6.48. The minimum Gasteiger partial charge on any atom is -0.490 e. The molecule has 27 heavy (non-hydrogen) atoms. The summed E-state index contributed by atoms with van der Waals surface area (Å²) in [6, 6.07) is 13.7. The molecule has 0 unspecified atom stereocenters. The van der Waals surface area contributed by atoms with E-state index in [-0.39, 0.29) is 5.91 Å². The number of ether oxygens (including phenoxy) is 2. The van der Waals surface area contributed by atoms with Gasteiger partial charge in [-0.25, -0.2) is 0 Å². The van der Waals surface area contributed by atoms with Crippen LogP contribution in [0.25, 0.3) is 6.08 Å². The molecule has 6 heteroatoms. The number of carbonyl (C=O) groups excluding carboxylic acids is 1. The molecule has 0 bridgehead atoms. The molecule has 1 fully saturated rings. The molecule has 1 saturated heterocycles. The molecule has 0 aromatic heterocycles. The fourth-order valence-electron chi connectivity index (χ4n) is 2.68. The van der Waals surface area contributed by atoms with E-state index in [0.29, 0.717) is 28.2 Å². The van der Waals surface area contributed by atoms with E-state index < -0.39 is 0 Å². The molecule has 0 N–H and O–H groups in total. The van der Waals surface area contributed by atoms with Crippen LogP contribution in [0.15, 0.2) is 47.4 Å². The highest BCUT2D eigenvalue weighted by molar-refractivity contribution is 8.26. The Bertz CT molecular complexity index is 908. The van der Waals surface area contributed by atoms with Crippen molar-refractivity contribution >= 4 is 40.3 Å². The number of thioether (sulfide) groups is 1. The van der Waals surface area contributed by atoms with E-state index in [1.54, 1.807) is 7.05 Å². The third-order valence-corrected chi connectivity index (χ3v) is 5.61. The summed E-state index contributed by atoms with van der Waals surface area (Å²) in [5, 5.41) is 0. The number of benzene rings is 2. The van der Waals surface area contributed by atoms with Gasteiger partial charge in [0.15, 0.2) is 0 Å². The summed E-state index contributed by atoms with van der Waals surface area (Å²) in [4.78, 5) is 14.3. The highest BCUT2D eigenvalue weighted by atomic mass is 32.2. The summed E-state index contributed by atoms with van der Waals surface area (Å²) in [7, 11) is 1.69. The summed E-state index contributed by atoms with van der Waals surface area (Å²) in [5.41, 5.74) is 3.16. The maximum absolute atomic E-state index is 12.2. The number of aryl methyl sites for hydroxylation is 2. The van der Waals surface area contributed by atoms with Crippen LogP contribution >= 0.6 is 24.0 Å². The molecule has 0 radical (unpaired) electrons. The predicted molar refractivity (Wildman–Crippen MR) is 114 cm³/mol. The predicted octanol–water partition coefficient (Wildman–Crippen LogP) is 4.59. The van der Waals surface area contributed by atoms with Gasteiger partial charge in [0.25, 0.3) is 5.91 Å². The van der Waals surface area contributed by atoms with Crippen molar-refractivity contribution in [3.63, 3.8) is 0 Å². The molecular formula is C21H21NO3S2. The van der Waals surface area contributed by atoms with Crippen LogP contribution in [-0.4, -0.2) is 35.4 Å². The van der Waals surface area contributed by atoms with Gasteiger partial charge in [-0.2, -0.15) is 0 Å². The largest absolute Gasteiger partial charge is 0.490 e. The third kappa shape index (κ3) is 4.70. The zero-order valence-corrected chi connectivity index (χ0v) is 17.2. The number of likely N-dealkylation sites (N-methyl/N-ethyl adjacent to an activating group) is 1. The molecule has 0 aliphatic carbocycles. The van der Waals surface area contributed by atoms with Crippen molar-refractivity contribution in [1.29, 1.82) is 0 Å². The van der Waals surface area contributed by atoms with E-state index >= 15 is 0 Å². The van der Waals surface area contributed by atoms with Crippen molar-refractivity contribution in [1.82, 2.24) is 4.90 Å². The number of hydrogen-bond donors (Lipinski definition) is 0. The summed E-state index contributed by atoms with van der Waals surface area (Å²) in [5.74, 6) is 1.49. The lowest BCUT2D eigenvalue weighted by Gasteiger charge is -2.12. The van der Waals surface area contributed by atoms with Gasteiger partial charge in [-0.15, -0.1) is 0 Å². The quantitative estimate of drug-likeness (QED) is 0.403. The second-order valence-corrected chi connectivity index (χ2v) is 7.92. The highest BCUT2D eigenvalue weighted by Crippen LogP contribution is 2.33. The number of amides is 1. The number of rotatable bonds is 6. The fraction of sp³-hybridized carbons (Fsp3) is 0.238. The van der Waals surface area contributed by atoms with Gasteiger partial charge in [0, 0.05) is 12.6 Å². The average molecular weight is 400 g/mol. The Labute approximate surface area is 169 Å². The van der Waals surface area contributed by atoms with Crippen LogP contribution in [0.4, 0.5) is 0 Å². The number of nitrogens with zero attached hydrogens (tertiary/aromatic N) is 1. The van der Waals surface area contributed by atoms with Crippen LogP contribution in [0.5, 0.6) is 11.5 Å². The lowest BCUT2D eigenvalue weighted by Crippen LogP contribution is -2.22. The average Bonchev–Trinajstić information content (AvgIpc) is 2.88. The Morgan fingerprint density at radius 1 is 1.07 bits per heavy atom. The maximum atomic E-state index is 12.2. The Morgan fingerprint density at radius 3 is 2.44 bits per heavy atom. The summed E-state index contributed by atoms with van der Waals surface area (Å²) < 4.78 is 12.3. The first-order chi connectivity index (χ1) is 13.0. The molecule has 0 saturated carbocycles. The van der Waals surface area contributed by atoms with Gasteiger partial charge in [-0.05, 0) is 37.6 Å². The van der Waals surface area contributed by atoms with Crippen molar-refractivity contribution in [3.8, 4) is 11.5 Å². The van der Waals surface area contributed by atoms with Gasteiger partial charge in [0.1, 0.15) is 29.0 Å². The first-order valence-corrected chi connectivity index (χ1v) is 9.81. The summed E-state index contributed by atoms with van der Waals surface area (Å²) in [6.45, 7) is 4.94. The van der Waals surface area contributed by atoms with Gasteiger partial charge >= 0.3 is 0 Å². The van der Waals surface area contributed by atoms with Crippen LogP contribution in [0.3, 0.4) is 0 Å². The van der Waals surface area contributed by atoms with Crippen LogP contribution in [-0.2, 0) is 4.79 Å². The molecule has 3 rings (SSSR count). The number of para-hydroxylation sites is 1. The van der Waals surface area contributed by atoms with Gasteiger partial charge in [0.05, 0.1) is 4.91 Å². The zero-order valence-electron chi connectivity index (χ0n) is 15.5. The molecule has 140 valence electrons. The Balaban J connectivity index is 1.63. The number of thiocarbonyl (C=S) groups is 1. The van der Waals surface area contributed by atoms with Gasteiger partial charge in [-0.3, -0.25) is 9.69 Å². The van der Waals surface area contributed by atoms with Crippen LogP contribution in [0.2, 0.25) is 0 Å². The smallest absolute Gasteiger partial charge is 0.265 e. The second kappa shape index (κ2) is 8.59. The van der Waals surface area contributed by atoms with Crippen molar-refractivity contribution in [2.24, 2.45) is 0 Å². The Kier molecular flexibility index (Phi) is 6.19. The molecule has 2 aromatic carbocycles. The molecule has 1 aliphatic heterocycles. The Morgan fingerprint density at radius 2 is 1.78 bits per heavy atom. The SMILES string of the molecule is Cc1ccc(OCCOc2ccccc2C=C2SC(=S)N(C)C2=O)c(C)c1. The van der Waals surface area contributed by atoms with E-state index in [2.05, 4.69) is 13.0 Å². The van der Waals surface area contributed by atoms with E-state index in [4.69, 9.17) is 21.7 Å². The van der Waals surface area contributed by atoms with Crippen LogP contribution in [0, 0.1) is 13.8 Å². The molecular weight excluding hydrogens is 378 g/mol. The molecule has 0 atom stereocenters. The topological polar surface area (TPSA) is 38.8 Å². The minimum atomic E-state index is -0.0852. The van der Waals surface area contributed by atoms with E-state index in [1.807, 2.05) is 49.4 Å². The molecule has 1 amide bonds. The van der Waals surface area contributed by atoms with Gasteiger partial charge < -0.3 is 9.47 Å². The third-order valence-electron chi connectivity index (χ3n) is 4.12. The van der Waals surface area contributed by atoms with E-state index in [1.165, 1.54) is 22.2 Å². The first-order valence-electron chi connectivity index (χ1n) is 8.59. The van der Waals surface area contributed by atoms with Crippen molar-refractivity contribution in [3.05, 3.63) is 64.1 Å². The monoisotopic (exact) mass is 399 g/mol. The first kappa shape index (κ1) is 19.5. The molecule has 2 aromatic rings. The standard InChI is InChI=1S/C21H21NO3S2/c1-14-8-9-17(15(2)12-14)24-10-11-25-18-7-5-4-6-16(18)13-19-20(23)22(3)21(26)27-19/h4-9,12-13H,10-11H2,1-3H3. The van der Waals surface area contributed by atoms with Crippen LogP contribution in [0.1, 0.15) is 16.7 Å². The highest BCUT2D eigenvalue weighted by Gasteiger charge is 2.28. The van der Waals surface area contributed by atoms with Crippen molar-refractivity contribution < 1.29 is 14.3 Å². The van der Waals surface area contributed by atoms with E-state index in [9.17, 15) is 4.79 Å². The number of hydrogen-bond acceptors (Lipinski definition) is 5. The lowest BCUT2D eigenvalue weighted by molar-refractivity contribution is -0.121. The Hall–Kier alpha value is -2.31. The van der Waals surface area contributed by atoms with Crippen LogP contribution < -0.4 is 9.47 Å². The molecule has 0 spiro atoms. The van der Waals surface area contributed by atoms with Crippen molar-refractivity contribution in [2.75, 3.05) is 20.3 Å². The second-order valence-electron chi connectivity index (χ2n) is 6.24. The molecule has 1 heterocycles.